The molecule has 4 rings (SSSR count). The van der Waals surface area contributed by atoms with Gasteiger partial charge in [0.05, 0.1) is 5.69 Å². The summed E-state index contributed by atoms with van der Waals surface area (Å²) in [7, 11) is 0. The second kappa shape index (κ2) is 6.04. The van der Waals surface area contributed by atoms with E-state index in [0.717, 1.165) is 23.1 Å². The molecule has 1 saturated heterocycles. The Kier molecular flexibility index (Phi) is 3.84. The van der Waals surface area contributed by atoms with Crippen LogP contribution in [0.3, 0.4) is 0 Å². The highest BCUT2D eigenvalue weighted by Crippen LogP contribution is 2.33. The van der Waals surface area contributed by atoms with E-state index in [1.54, 1.807) is 0 Å². The maximum atomic E-state index is 13.0. The summed E-state index contributed by atoms with van der Waals surface area (Å²) >= 11 is 0. The molecular formula is C19H18FN3O2. The zero-order valence-electron chi connectivity index (χ0n) is 14.1. The molecule has 0 N–H and O–H groups in total. The van der Waals surface area contributed by atoms with Crippen molar-refractivity contribution in [3.63, 3.8) is 0 Å². The lowest BCUT2D eigenvalue weighted by Crippen LogP contribution is -2.21. The van der Waals surface area contributed by atoms with Gasteiger partial charge in [0.25, 0.3) is 0 Å². The molecule has 0 spiro atoms. The van der Waals surface area contributed by atoms with Crippen LogP contribution >= 0.6 is 0 Å². The number of fused-ring (bicyclic) bond motifs is 1. The lowest BCUT2D eigenvalue weighted by atomic mass is 10.0. The Labute approximate surface area is 144 Å². The number of hydrogen-bond acceptors (Lipinski definition) is 4. The van der Waals surface area contributed by atoms with Crippen LogP contribution in [0, 0.1) is 19.7 Å². The predicted molar refractivity (Wildman–Crippen MR) is 90.9 cm³/mol. The minimum absolute atomic E-state index is 0.110. The number of aryl methyl sites for hydroxylation is 2. The molecule has 3 aromatic rings. The van der Waals surface area contributed by atoms with Gasteiger partial charge in [-0.15, -0.1) is 0 Å². The fraction of sp³-hybridized carbons (Fsp3) is 0.316. The van der Waals surface area contributed by atoms with Gasteiger partial charge in [0.1, 0.15) is 29.6 Å². The normalized spacial score (nSPS) is 20.3. The molecule has 0 amide bonds. The highest BCUT2D eigenvalue weighted by atomic mass is 19.1. The van der Waals surface area contributed by atoms with Crippen LogP contribution in [0.2, 0.25) is 0 Å². The van der Waals surface area contributed by atoms with Crippen LogP contribution in [-0.2, 0) is 4.74 Å². The van der Waals surface area contributed by atoms with Crippen LogP contribution < -0.4 is 0 Å². The summed E-state index contributed by atoms with van der Waals surface area (Å²) in [6.45, 7) is 3.82. The zero-order chi connectivity index (χ0) is 17.6. The van der Waals surface area contributed by atoms with Gasteiger partial charge in [0.15, 0.2) is 5.78 Å². The summed E-state index contributed by atoms with van der Waals surface area (Å²) in [4.78, 5) is 21.5. The Balaban J connectivity index is 1.58. The Bertz CT molecular complexity index is 949. The molecule has 6 heteroatoms. The Morgan fingerprint density at radius 3 is 2.68 bits per heavy atom. The molecule has 1 aliphatic rings. The first-order valence-electron chi connectivity index (χ1n) is 8.30. The number of ketones is 1. The van der Waals surface area contributed by atoms with Gasteiger partial charge in [0.2, 0.25) is 0 Å². The SMILES string of the molecule is Cc1nc(C)c2ccn(C3CCC(C(=O)c4ccc(F)cc4)O3)c2n1. The van der Waals surface area contributed by atoms with E-state index in [1.165, 1.54) is 24.3 Å². The highest BCUT2D eigenvalue weighted by molar-refractivity contribution is 5.99. The van der Waals surface area contributed by atoms with Crippen LogP contribution in [0.1, 0.15) is 40.9 Å². The van der Waals surface area contributed by atoms with Crippen LogP contribution in [0.5, 0.6) is 0 Å². The largest absolute Gasteiger partial charge is 0.347 e. The number of carbonyl (C=O) groups excluding carboxylic acids is 1. The van der Waals surface area contributed by atoms with Gasteiger partial charge in [-0.3, -0.25) is 4.79 Å². The van der Waals surface area contributed by atoms with Crippen molar-refractivity contribution < 1.29 is 13.9 Å². The van der Waals surface area contributed by atoms with Gasteiger partial charge >= 0.3 is 0 Å². The summed E-state index contributed by atoms with van der Waals surface area (Å²) in [6.07, 6.45) is 2.53. The number of ether oxygens (including phenoxy) is 1. The number of nitrogens with zero attached hydrogens (tertiary/aromatic N) is 3. The maximum absolute atomic E-state index is 13.0. The number of carbonyl (C=O) groups is 1. The molecule has 0 saturated carbocycles. The number of aromatic nitrogens is 3. The number of benzene rings is 1. The van der Waals surface area contributed by atoms with Crippen LogP contribution in [0.15, 0.2) is 36.5 Å². The molecule has 0 bridgehead atoms. The molecule has 1 aromatic carbocycles. The Morgan fingerprint density at radius 2 is 1.92 bits per heavy atom. The monoisotopic (exact) mass is 339 g/mol. The van der Waals surface area contributed by atoms with E-state index < -0.39 is 6.10 Å². The van der Waals surface area contributed by atoms with Crippen LogP contribution in [0.25, 0.3) is 11.0 Å². The van der Waals surface area contributed by atoms with E-state index in [0.29, 0.717) is 17.8 Å². The van der Waals surface area contributed by atoms with Crippen LogP contribution in [-0.4, -0.2) is 26.4 Å². The molecule has 5 nitrogen and oxygen atoms in total. The zero-order valence-corrected chi connectivity index (χ0v) is 14.1. The summed E-state index contributed by atoms with van der Waals surface area (Å²) in [5.74, 6) is 0.244. The summed E-state index contributed by atoms with van der Waals surface area (Å²) in [6, 6.07) is 7.56. The van der Waals surface area contributed by atoms with Crippen molar-refractivity contribution in [3.05, 3.63) is 59.4 Å². The van der Waals surface area contributed by atoms with E-state index in [4.69, 9.17) is 4.74 Å². The van der Waals surface area contributed by atoms with E-state index in [-0.39, 0.29) is 17.8 Å². The average molecular weight is 339 g/mol. The van der Waals surface area contributed by atoms with Gasteiger partial charge in [-0.1, -0.05) is 0 Å². The summed E-state index contributed by atoms with van der Waals surface area (Å²) < 4.78 is 21.0. The number of Topliss-reactive ketones (excluding diaryl/α,β-unsaturated/α-hetero) is 1. The van der Waals surface area contributed by atoms with Crippen molar-refractivity contribution >= 4 is 16.8 Å². The molecular weight excluding hydrogens is 321 g/mol. The van der Waals surface area contributed by atoms with E-state index >= 15 is 0 Å². The van der Waals surface area contributed by atoms with E-state index in [1.807, 2.05) is 30.7 Å². The molecule has 25 heavy (non-hydrogen) atoms. The third-order valence-electron chi connectivity index (χ3n) is 4.60. The second-order valence-electron chi connectivity index (χ2n) is 6.34. The lowest BCUT2D eigenvalue weighted by molar-refractivity contribution is 0.00913. The van der Waals surface area contributed by atoms with Crippen molar-refractivity contribution in [1.29, 1.82) is 0 Å². The maximum Gasteiger partial charge on any atom is 0.191 e. The fourth-order valence-electron chi connectivity index (χ4n) is 3.37. The minimum atomic E-state index is -0.517. The van der Waals surface area contributed by atoms with Crippen molar-refractivity contribution in [2.75, 3.05) is 0 Å². The molecule has 0 radical (unpaired) electrons. The quantitative estimate of drug-likeness (QED) is 0.682. The number of hydrogen-bond donors (Lipinski definition) is 0. The highest BCUT2D eigenvalue weighted by Gasteiger charge is 2.33. The molecule has 2 unspecified atom stereocenters. The smallest absolute Gasteiger partial charge is 0.191 e. The third-order valence-corrected chi connectivity index (χ3v) is 4.60. The molecule has 2 atom stereocenters. The van der Waals surface area contributed by atoms with E-state index in [2.05, 4.69) is 9.97 Å². The minimum Gasteiger partial charge on any atom is -0.347 e. The Hall–Kier alpha value is -2.60. The van der Waals surface area contributed by atoms with Gasteiger partial charge in [-0.2, -0.15) is 0 Å². The molecule has 1 fully saturated rings. The molecule has 0 aliphatic carbocycles. The van der Waals surface area contributed by atoms with Gasteiger partial charge in [-0.05, 0) is 57.0 Å². The van der Waals surface area contributed by atoms with Crippen LogP contribution in [0.4, 0.5) is 4.39 Å². The fourth-order valence-corrected chi connectivity index (χ4v) is 3.37. The first-order valence-corrected chi connectivity index (χ1v) is 8.30. The summed E-state index contributed by atoms with van der Waals surface area (Å²) in [5.41, 5.74) is 2.22. The van der Waals surface area contributed by atoms with Crippen molar-refractivity contribution in [2.45, 2.75) is 39.0 Å². The second-order valence-corrected chi connectivity index (χ2v) is 6.34. The third kappa shape index (κ3) is 2.82. The molecule has 128 valence electrons. The predicted octanol–water partition coefficient (Wildman–Crippen LogP) is 3.75. The van der Waals surface area contributed by atoms with Crippen molar-refractivity contribution in [3.8, 4) is 0 Å². The Morgan fingerprint density at radius 1 is 1.16 bits per heavy atom. The summed E-state index contributed by atoms with van der Waals surface area (Å²) in [5, 5.41) is 0.988. The van der Waals surface area contributed by atoms with Crippen molar-refractivity contribution in [1.82, 2.24) is 14.5 Å². The van der Waals surface area contributed by atoms with Gasteiger partial charge in [0, 0.05) is 17.1 Å². The van der Waals surface area contributed by atoms with Crippen molar-refractivity contribution in [2.24, 2.45) is 0 Å². The van der Waals surface area contributed by atoms with E-state index in [9.17, 15) is 9.18 Å². The first kappa shape index (κ1) is 15.9. The lowest BCUT2D eigenvalue weighted by Gasteiger charge is -2.15. The van der Waals surface area contributed by atoms with Gasteiger partial charge < -0.3 is 9.30 Å². The number of halogens is 1. The number of rotatable bonds is 3. The average Bonchev–Trinajstić information content (AvgIpc) is 3.21. The molecule has 2 aromatic heterocycles. The molecule has 1 aliphatic heterocycles. The first-order chi connectivity index (χ1) is 12.0. The topological polar surface area (TPSA) is 57.0 Å². The standard InChI is InChI=1S/C19H18FN3O2/c1-11-15-9-10-23(19(15)22-12(2)21-11)17-8-7-16(25-17)18(24)13-3-5-14(20)6-4-13/h3-6,9-10,16-17H,7-8H2,1-2H3. The molecule has 3 heterocycles. The van der Waals surface area contributed by atoms with Gasteiger partial charge in [-0.25, -0.2) is 14.4 Å².